The van der Waals surface area contributed by atoms with Gasteiger partial charge in [-0.05, 0) is 41.5 Å². The number of aliphatic hydroxyl groups excluding tert-OH is 2. The average molecular weight is 256 g/mol. The molecule has 0 atom stereocenters. The molecule has 2 nitrogen and oxygen atoms in total. The maximum Gasteiger partial charge on any atom is 0.0681 e. The molecular formula is C17H20O2. The maximum absolute atomic E-state index is 8.98. The Labute approximate surface area is 114 Å². The van der Waals surface area contributed by atoms with Crippen LogP contribution in [0.15, 0.2) is 48.5 Å². The summed E-state index contributed by atoms with van der Waals surface area (Å²) >= 11 is 0. The van der Waals surface area contributed by atoms with Crippen molar-refractivity contribution >= 4 is 0 Å². The summed E-state index contributed by atoms with van der Waals surface area (Å²) < 4.78 is 0. The number of rotatable bonds is 6. The molecule has 0 aromatic heterocycles. The predicted molar refractivity (Wildman–Crippen MR) is 76.8 cm³/mol. The van der Waals surface area contributed by atoms with Crippen molar-refractivity contribution in [3.8, 4) is 0 Å². The van der Waals surface area contributed by atoms with Crippen LogP contribution in [-0.2, 0) is 26.1 Å². The molecule has 0 unspecified atom stereocenters. The van der Waals surface area contributed by atoms with Crippen molar-refractivity contribution in [3.63, 3.8) is 0 Å². The third-order valence-electron chi connectivity index (χ3n) is 3.34. The van der Waals surface area contributed by atoms with Gasteiger partial charge in [0.2, 0.25) is 0 Å². The Morgan fingerprint density at radius 1 is 0.526 bits per heavy atom. The number of hydrogen-bond donors (Lipinski definition) is 2. The molecule has 2 heteroatoms. The molecule has 0 fully saturated rings. The van der Waals surface area contributed by atoms with Crippen molar-refractivity contribution in [2.24, 2.45) is 0 Å². The fourth-order valence-corrected chi connectivity index (χ4v) is 2.12. The van der Waals surface area contributed by atoms with E-state index in [4.69, 9.17) is 10.2 Å². The lowest BCUT2D eigenvalue weighted by Crippen LogP contribution is -1.92. The maximum atomic E-state index is 8.98. The van der Waals surface area contributed by atoms with E-state index in [-0.39, 0.29) is 13.2 Å². The molecule has 100 valence electrons. The van der Waals surface area contributed by atoms with Crippen LogP contribution in [0.25, 0.3) is 0 Å². The molecule has 0 spiro atoms. The van der Waals surface area contributed by atoms with Crippen LogP contribution >= 0.6 is 0 Å². The van der Waals surface area contributed by atoms with Crippen molar-refractivity contribution in [3.05, 3.63) is 70.8 Å². The molecule has 19 heavy (non-hydrogen) atoms. The Morgan fingerprint density at radius 3 is 1.16 bits per heavy atom. The third-order valence-corrected chi connectivity index (χ3v) is 3.34. The summed E-state index contributed by atoms with van der Waals surface area (Å²) in [5, 5.41) is 18.0. The van der Waals surface area contributed by atoms with Crippen LogP contribution in [0.2, 0.25) is 0 Å². The quantitative estimate of drug-likeness (QED) is 0.834. The molecule has 2 aromatic rings. The van der Waals surface area contributed by atoms with E-state index in [1.54, 1.807) is 0 Å². The van der Waals surface area contributed by atoms with Crippen molar-refractivity contribution in [2.75, 3.05) is 0 Å². The summed E-state index contributed by atoms with van der Waals surface area (Å²) in [6.07, 6.45) is 3.21. The standard InChI is InChI=1S/C17H20O2/c18-12-16-8-4-14(5-9-16)2-1-3-15-6-10-17(13-19)11-7-15/h4-11,18-19H,1-3,12-13H2. The summed E-state index contributed by atoms with van der Waals surface area (Å²) in [7, 11) is 0. The van der Waals surface area contributed by atoms with E-state index >= 15 is 0 Å². The van der Waals surface area contributed by atoms with Crippen LogP contribution in [0.5, 0.6) is 0 Å². The molecule has 2 rings (SSSR count). The molecular weight excluding hydrogens is 236 g/mol. The highest BCUT2D eigenvalue weighted by Gasteiger charge is 1.97. The van der Waals surface area contributed by atoms with E-state index in [9.17, 15) is 0 Å². The average Bonchev–Trinajstić information content (AvgIpc) is 2.49. The predicted octanol–water partition coefficient (Wildman–Crippen LogP) is 2.85. The monoisotopic (exact) mass is 256 g/mol. The fourth-order valence-electron chi connectivity index (χ4n) is 2.12. The Balaban J connectivity index is 1.81. The minimum Gasteiger partial charge on any atom is -0.392 e. The highest BCUT2D eigenvalue weighted by Crippen LogP contribution is 2.11. The smallest absolute Gasteiger partial charge is 0.0681 e. The van der Waals surface area contributed by atoms with Crippen LogP contribution in [0, 0.1) is 0 Å². The largest absolute Gasteiger partial charge is 0.392 e. The fraction of sp³-hybridized carbons (Fsp3) is 0.294. The number of benzene rings is 2. The van der Waals surface area contributed by atoms with Gasteiger partial charge < -0.3 is 10.2 Å². The van der Waals surface area contributed by atoms with Crippen molar-refractivity contribution in [1.82, 2.24) is 0 Å². The molecule has 0 bridgehead atoms. The number of aliphatic hydroxyl groups is 2. The van der Waals surface area contributed by atoms with Gasteiger partial charge in [0.1, 0.15) is 0 Å². The van der Waals surface area contributed by atoms with Gasteiger partial charge in [-0.2, -0.15) is 0 Å². The van der Waals surface area contributed by atoms with E-state index < -0.39 is 0 Å². The minimum absolute atomic E-state index is 0.109. The first-order valence-corrected chi connectivity index (χ1v) is 6.69. The topological polar surface area (TPSA) is 40.5 Å². The molecule has 0 aliphatic rings. The van der Waals surface area contributed by atoms with Gasteiger partial charge in [-0.25, -0.2) is 0 Å². The Bertz CT molecular complexity index is 438. The zero-order valence-electron chi connectivity index (χ0n) is 11.0. The summed E-state index contributed by atoms with van der Waals surface area (Å²) in [5.41, 5.74) is 4.54. The highest BCUT2D eigenvalue weighted by atomic mass is 16.3. The molecule has 2 N–H and O–H groups in total. The second kappa shape index (κ2) is 7.07. The van der Waals surface area contributed by atoms with Gasteiger partial charge in [-0.1, -0.05) is 48.5 Å². The molecule has 0 saturated carbocycles. The second-order valence-electron chi connectivity index (χ2n) is 4.80. The lowest BCUT2D eigenvalue weighted by Gasteiger charge is -2.04. The summed E-state index contributed by atoms with van der Waals surface area (Å²) in [6, 6.07) is 16.2. The summed E-state index contributed by atoms with van der Waals surface area (Å²) in [5.74, 6) is 0. The molecule has 0 heterocycles. The number of aryl methyl sites for hydroxylation is 2. The second-order valence-corrected chi connectivity index (χ2v) is 4.80. The molecule has 2 aromatic carbocycles. The summed E-state index contributed by atoms with van der Waals surface area (Å²) in [6.45, 7) is 0.217. The first kappa shape index (κ1) is 13.8. The van der Waals surface area contributed by atoms with Gasteiger partial charge in [0, 0.05) is 0 Å². The first-order chi connectivity index (χ1) is 9.31. The van der Waals surface area contributed by atoms with E-state index in [0.29, 0.717) is 0 Å². The highest BCUT2D eigenvalue weighted by molar-refractivity contribution is 5.24. The molecule has 0 amide bonds. The van der Waals surface area contributed by atoms with Crippen molar-refractivity contribution < 1.29 is 10.2 Å². The van der Waals surface area contributed by atoms with Gasteiger partial charge in [0.25, 0.3) is 0 Å². The van der Waals surface area contributed by atoms with Crippen LogP contribution in [0.4, 0.5) is 0 Å². The third kappa shape index (κ3) is 4.19. The lowest BCUT2D eigenvalue weighted by atomic mass is 10.0. The molecule has 0 aliphatic heterocycles. The molecule has 0 aliphatic carbocycles. The van der Waals surface area contributed by atoms with E-state index in [1.807, 2.05) is 24.3 Å². The zero-order chi connectivity index (χ0) is 13.5. The van der Waals surface area contributed by atoms with Gasteiger partial charge in [-0.15, -0.1) is 0 Å². The first-order valence-electron chi connectivity index (χ1n) is 6.69. The van der Waals surface area contributed by atoms with Gasteiger partial charge in [0.15, 0.2) is 0 Å². The SMILES string of the molecule is OCc1ccc(CCCc2ccc(CO)cc2)cc1. The summed E-state index contributed by atoms with van der Waals surface area (Å²) in [4.78, 5) is 0. The minimum atomic E-state index is 0.109. The van der Waals surface area contributed by atoms with E-state index in [2.05, 4.69) is 24.3 Å². The Kier molecular flexibility index (Phi) is 5.13. The van der Waals surface area contributed by atoms with Crippen LogP contribution in [-0.4, -0.2) is 10.2 Å². The van der Waals surface area contributed by atoms with E-state index in [0.717, 1.165) is 30.4 Å². The van der Waals surface area contributed by atoms with Crippen LogP contribution in [0.3, 0.4) is 0 Å². The van der Waals surface area contributed by atoms with Gasteiger partial charge in [0.05, 0.1) is 13.2 Å². The normalized spacial score (nSPS) is 10.6. The van der Waals surface area contributed by atoms with Gasteiger partial charge in [-0.3, -0.25) is 0 Å². The lowest BCUT2D eigenvalue weighted by molar-refractivity contribution is 0.281. The van der Waals surface area contributed by atoms with Crippen molar-refractivity contribution in [1.29, 1.82) is 0 Å². The Morgan fingerprint density at radius 2 is 0.842 bits per heavy atom. The molecule has 0 saturated heterocycles. The zero-order valence-corrected chi connectivity index (χ0v) is 11.0. The number of hydrogen-bond acceptors (Lipinski definition) is 2. The van der Waals surface area contributed by atoms with Crippen LogP contribution < -0.4 is 0 Å². The Hall–Kier alpha value is -1.64. The van der Waals surface area contributed by atoms with Crippen molar-refractivity contribution in [2.45, 2.75) is 32.5 Å². The van der Waals surface area contributed by atoms with E-state index in [1.165, 1.54) is 11.1 Å². The van der Waals surface area contributed by atoms with Gasteiger partial charge >= 0.3 is 0 Å². The van der Waals surface area contributed by atoms with Crippen LogP contribution in [0.1, 0.15) is 28.7 Å². The molecule has 0 radical (unpaired) electrons.